The number of ketones is 2. The number of Topliss-reactive ketones (excluding diaryl/α,β-unsaturated/α-hetero) is 2. The SMILES string of the molecule is CC(C)(C)[Si](C)(C)O[C@H](c1ccc2c(c1)OCCO2)[C@@H](CN1CCCC1)NC(=O)C(=O)C1Cc2ccc(Cl)cc2C1.CC(C)(C)[Si](C)(C)O[C@H](c1ccc2c(c1)OCCO2)[C@@H](CN1CCCC1)NC(=O)C(O)C1Cc2ccc(Cl)cc2C1.COC(=O)C(O)C1Cc2ccc(Cl)cc2C1.O=C(N[C@H](CN1CCCC1)[C@H](O)c1ccc2c(c1)OCCO2)C(=O)C1Cc2ccc(Cl)cc2C1.O=C(O)C(O)C1Cc2ccc(Cl)cc2C1. The van der Waals surface area contributed by atoms with Crippen LogP contribution in [0, 0.1) is 29.6 Å². The molecule has 8 unspecified atom stereocenters. The van der Waals surface area contributed by atoms with Crippen LogP contribution in [0.3, 0.4) is 0 Å². The van der Waals surface area contributed by atoms with E-state index in [2.05, 4.69) is 103 Å². The minimum absolute atomic E-state index is 0.0301. The standard InChI is InChI=1S/C32H45ClN2O5Si.C32H43ClN2O5Si.C26H29ClN2O5.C12H13ClO3.C11H11ClO3/c2*1-32(2,3)41(4,5)40-30(22-9-11-27-28(19-22)39-15-14-38-27)26(20-35-12-6-7-13-35)34-31(37)29(36)24-16-21-8-10-25(33)18-23(21)17-24;27-20-5-3-16-11-19(12-18(16)13-20)25(31)26(32)28-21(15-29-7-1-2-8-29)24(30)17-4-6-22-23(14-17)34-10-9-33-22;1-16-12(15)11(14)9-4-7-2-3-10(13)6-8(7)5-9;12-9-2-1-6-3-8(4-7(6)5-9)10(13)11(14)15/h8-11,18-19,24,26,29-30,36H,6-7,12-17,20H2,1-5H3,(H,34,37);8-11,18-19,24,26,30H,6-7,12-17,20H2,1-5H3,(H,34,37);3-6,13-14,19,21,24,30H,1-2,7-12,15H2,(H,28,32);2-3,6,9,11,14H,4-5H2,1H3;1-2,5,8,10,13H,3-4H2,(H,14,15)/t24?,26-,29?,30-;24?,26-,30-;19?,21-,24-;;/m111../s1. The molecular weight excluding hydrogens is 2010 g/mol. The van der Waals surface area contributed by atoms with E-state index < -0.39 is 101 Å². The summed E-state index contributed by atoms with van der Waals surface area (Å²) in [6, 6.07) is 44.1. The zero-order valence-electron chi connectivity index (χ0n) is 85.9. The van der Waals surface area contributed by atoms with Gasteiger partial charge in [0.05, 0.1) is 37.4 Å². The second-order valence-electron chi connectivity index (χ2n) is 43.8. The van der Waals surface area contributed by atoms with Gasteiger partial charge in [-0.2, -0.15) is 0 Å². The predicted octanol–water partition coefficient (Wildman–Crippen LogP) is 17.1. The summed E-state index contributed by atoms with van der Waals surface area (Å²) in [5.41, 5.74) is 13.3. The van der Waals surface area contributed by atoms with Crippen molar-refractivity contribution in [2.75, 3.05) is 106 Å². The number of rotatable bonds is 29. The number of hydrogen-bond donors (Lipinski definition) is 8. The first kappa shape index (κ1) is 112. The molecule has 5 aliphatic carbocycles. The fourth-order valence-electron chi connectivity index (χ4n) is 21.0. The van der Waals surface area contributed by atoms with Crippen LogP contribution in [0.2, 0.25) is 61.4 Å². The number of amides is 3. The van der Waals surface area contributed by atoms with Gasteiger partial charge in [0.2, 0.25) is 17.5 Å². The molecule has 8 N–H and O–H groups in total. The Morgan fingerprint density at radius 3 is 0.980 bits per heavy atom. The number of ether oxygens (including phenoxy) is 7. The Bertz CT molecular complexity index is 6020. The van der Waals surface area contributed by atoms with Crippen LogP contribution >= 0.6 is 58.0 Å². The molecule has 0 spiro atoms. The molecule has 147 heavy (non-hydrogen) atoms. The van der Waals surface area contributed by atoms with Crippen molar-refractivity contribution in [3.63, 3.8) is 0 Å². The molecule has 0 radical (unpaired) electrons. The molecular formula is C113H141Cl5N6O21Si2. The van der Waals surface area contributed by atoms with Crippen molar-refractivity contribution in [1.29, 1.82) is 0 Å². The number of halogens is 5. The fraction of sp³-hybridized carbons (Fsp3) is 0.513. The summed E-state index contributed by atoms with van der Waals surface area (Å²) in [5.74, 6) is -1.36. The van der Waals surface area contributed by atoms with E-state index in [1.165, 1.54) is 7.11 Å². The average Bonchev–Trinajstić information content (AvgIpc) is 1.19. The van der Waals surface area contributed by atoms with E-state index in [9.17, 15) is 54.0 Å². The second kappa shape index (κ2) is 49.5. The first-order chi connectivity index (χ1) is 70.0. The molecule has 3 saturated heterocycles. The molecule has 8 aromatic rings. The lowest BCUT2D eigenvalue weighted by Crippen LogP contribution is -2.54. The number of likely N-dealkylation sites (tertiary alicyclic amines) is 3. The smallest absolute Gasteiger partial charge is 0.334 e. The Hall–Kier alpha value is -9.23. The van der Waals surface area contributed by atoms with Crippen LogP contribution in [0.15, 0.2) is 146 Å². The number of benzene rings is 8. The Balaban J connectivity index is 0.000000145. The van der Waals surface area contributed by atoms with Crippen LogP contribution < -0.4 is 44.4 Å². The minimum Gasteiger partial charge on any atom is -0.486 e. The number of aliphatic hydroxyl groups is 4. The molecule has 0 bridgehead atoms. The molecule has 8 aromatic carbocycles. The summed E-state index contributed by atoms with van der Waals surface area (Å²) >= 11 is 30.2. The topological polar surface area (TPSA) is 350 Å². The molecule has 792 valence electrons. The lowest BCUT2D eigenvalue weighted by molar-refractivity contribution is -0.153. The predicted molar refractivity (Wildman–Crippen MR) is 572 cm³/mol. The minimum atomic E-state index is -2.30. The number of carboxylic acids is 1. The van der Waals surface area contributed by atoms with Gasteiger partial charge in [-0.1, -0.05) is 148 Å². The zero-order chi connectivity index (χ0) is 105. The lowest BCUT2D eigenvalue weighted by Gasteiger charge is -2.42. The highest BCUT2D eigenvalue weighted by molar-refractivity contribution is 6.74. The number of carbonyl (C=O) groups excluding carboxylic acids is 6. The van der Waals surface area contributed by atoms with Gasteiger partial charge in [-0.25, -0.2) is 9.59 Å². The number of methoxy groups -OCH3 is 1. The Labute approximate surface area is 889 Å². The van der Waals surface area contributed by atoms with E-state index in [4.69, 9.17) is 100 Å². The normalized spacial score (nSPS) is 20.9. The first-order valence-electron chi connectivity index (χ1n) is 51.6. The Morgan fingerprint density at radius 2 is 0.639 bits per heavy atom. The number of hydrogen-bond acceptors (Lipinski definition) is 23. The Morgan fingerprint density at radius 1 is 0.361 bits per heavy atom. The highest BCUT2D eigenvalue weighted by Crippen LogP contribution is 2.47. The number of carboxylic acid groups (broad SMARTS) is 1. The molecule has 11 aliphatic rings. The van der Waals surface area contributed by atoms with E-state index in [-0.39, 0.29) is 51.5 Å². The maximum Gasteiger partial charge on any atom is 0.334 e. The number of nitrogens with zero attached hydrogens (tertiary/aromatic N) is 3. The molecule has 3 amide bonds. The molecule has 6 heterocycles. The molecule has 3 fully saturated rings. The summed E-state index contributed by atoms with van der Waals surface area (Å²) in [7, 11) is -3.29. The average molecular weight is 2150 g/mol. The molecule has 14 atom stereocenters. The number of aliphatic carboxylic acids is 1. The van der Waals surface area contributed by atoms with Gasteiger partial charge in [0.15, 0.2) is 63.3 Å². The number of aliphatic hydroxyl groups excluding tert-OH is 4. The summed E-state index contributed by atoms with van der Waals surface area (Å²) in [6.07, 6.45) is 7.37. The quantitative estimate of drug-likeness (QED) is 0.0123. The van der Waals surface area contributed by atoms with E-state index in [1.807, 2.05) is 121 Å². The number of carbonyl (C=O) groups is 7. The molecule has 6 aliphatic heterocycles. The van der Waals surface area contributed by atoms with Gasteiger partial charge >= 0.3 is 11.9 Å². The second-order valence-corrected chi connectivity index (χ2v) is 55.4. The largest absolute Gasteiger partial charge is 0.486 e. The Kier molecular flexibility index (Phi) is 37.6. The van der Waals surface area contributed by atoms with E-state index in [0.717, 1.165) is 150 Å². The third-order valence-electron chi connectivity index (χ3n) is 31.3. The van der Waals surface area contributed by atoms with E-state index in [1.54, 1.807) is 24.3 Å². The van der Waals surface area contributed by atoms with E-state index >= 15 is 0 Å². The summed E-state index contributed by atoms with van der Waals surface area (Å²) in [6.45, 7) is 32.6. The van der Waals surface area contributed by atoms with Gasteiger partial charge in [0, 0.05) is 74.3 Å². The molecule has 19 rings (SSSR count). The zero-order valence-corrected chi connectivity index (χ0v) is 91.6. The van der Waals surface area contributed by atoms with Gasteiger partial charge in [-0.05, 0) is 348 Å². The summed E-state index contributed by atoms with van der Waals surface area (Å²) in [4.78, 5) is 95.9. The van der Waals surface area contributed by atoms with Gasteiger partial charge in [-0.3, -0.25) is 24.0 Å². The van der Waals surface area contributed by atoms with Crippen LogP contribution in [0.5, 0.6) is 34.5 Å². The van der Waals surface area contributed by atoms with Crippen molar-refractivity contribution in [3.8, 4) is 34.5 Å². The number of esters is 1. The van der Waals surface area contributed by atoms with E-state index in [0.29, 0.717) is 183 Å². The highest BCUT2D eigenvalue weighted by atomic mass is 35.5. The lowest BCUT2D eigenvalue weighted by atomic mass is 9.96. The van der Waals surface area contributed by atoms with Gasteiger partial charge in [0.25, 0.3) is 11.8 Å². The van der Waals surface area contributed by atoms with Crippen LogP contribution in [0.25, 0.3) is 0 Å². The third-order valence-corrected chi connectivity index (χ3v) is 41.4. The van der Waals surface area contributed by atoms with Crippen molar-refractivity contribution < 1.29 is 101 Å². The van der Waals surface area contributed by atoms with Crippen molar-refractivity contribution in [2.45, 2.75) is 235 Å². The monoisotopic (exact) mass is 2150 g/mol. The maximum absolute atomic E-state index is 13.8. The van der Waals surface area contributed by atoms with Crippen molar-refractivity contribution in [1.82, 2.24) is 30.7 Å². The maximum atomic E-state index is 13.8. The van der Waals surface area contributed by atoms with Crippen molar-refractivity contribution >= 4 is 116 Å². The molecule has 27 nitrogen and oxygen atoms in total. The number of fused-ring (bicyclic) bond motifs is 8. The molecule has 34 heteroatoms. The summed E-state index contributed by atoms with van der Waals surface area (Å²) < 4.78 is 53.4. The van der Waals surface area contributed by atoms with Gasteiger partial charge < -0.3 is 98.2 Å². The van der Waals surface area contributed by atoms with Crippen LogP contribution in [-0.2, 0) is 111 Å². The van der Waals surface area contributed by atoms with Crippen molar-refractivity contribution in [3.05, 3.63) is 243 Å². The third kappa shape index (κ3) is 28.6. The van der Waals surface area contributed by atoms with Crippen molar-refractivity contribution in [2.24, 2.45) is 29.6 Å². The van der Waals surface area contributed by atoms with Gasteiger partial charge in [-0.15, -0.1) is 0 Å². The van der Waals surface area contributed by atoms with Crippen LogP contribution in [0.1, 0.15) is 171 Å². The molecule has 0 aromatic heterocycles. The summed E-state index contributed by atoms with van der Waals surface area (Å²) in [5, 5.41) is 63.0. The van der Waals surface area contributed by atoms with Crippen LogP contribution in [0.4, 0.5) is 0 Å². The van der Waals surface area contributed by atoms with Gasteiger partial charge in [0.1, 0.15) is 51.8 Å². The highest BCUT2D eigenvalue weighted by Gasteiger charge is 2.48. The van der Waals surface area contributed by atoms with Crippen LogP contribution in [-0.4, -0.2) is 240 Å². The fourth-order valence-corrected chi connectivity index (χ4v) is 24.6. The number of nitrogens with one attached hydrogen (secondary N) is 3. The first-order valence-corrected chi connectivity index (χ1v) is 59.3. The molecule has 0 saturated carbocycles.